The van der Waals surface area contributed by atoms with Crippen molar-refractivity contribution < 1.29 is 17.6 Å². The lowest BCUT2D eigenvalue weighted by molar-refractivity contribution is -0.139. The number of alkyl halides is 3. The molecule has 0 amide bonds. The van der Waals surface area contributed by atoms with Gasteiger partial charge < -0.3 is 5.73 Å². The zero-order valence-electron chi connectivity index (χ0n) is 10.1. The van der Waals surface area contributed by atoms with Crippen molar-refractivity contribution in [3.8, 4) is 6.07 Å². The van der Waals surface area contributed by atoms with E-state index < -0.39 is 39.8 Å². The van der Waals surface area contributed by atoms with E-state index in [4.69, 9.17) is 11.0 Å². The van der Waals surface area contributed by atoms with Crippen molar-refractivity contribution in [3.05, 3.63) is 28.6 Å². The maximum atomic E-state index is 13.9. The van der Waals surface area contributed by atoms with E-state index in [2.05, 4.69) is 0 Å². The maximum absolute atomic E-state index is 13.9. The van der Waals surface area contributed by atoms with E-state index in [-0.39, 0.29) is 0 Å². The summed E-state index contributed by atoms with van der Waals surface area (Å²) in [6.07, 6.45) is -4.80. The first-order valence-corrected chi connectivity index (χ1v) is 5.10. The molecule has 0 unspecified atom stereocenters. The third-order valence-electron chi connectivity index (χ3n) is 2.45. The molecule has 18 heavy (non-hydrogen) atoms. The summed E-state index contributed by atoms with van der Waals surface area (Å²) in [5.41, 5.74) is 1.26. The van der Waals surface area contributed by atoms with E-state index in [1.807, 2.05) is 0 Å². The number of rotatable bonds is 0. The van der Waals surface area contributed by atoms with Crippen LogP contribution in [0.25, 0.3) is 0 Å². The second-order valence-electron chi connectivity index (χ2n) is 4.94. The summed E-state index contributed by atoms with van der Waals surface area (Å²) in [6.45, 7) is 4.30. The highest BCUT2D eigenvalue weighted by Crippen LogP contribution is 2.42. The van der Waals surface area contributed by atoms with Crippen LogP contribution < -0.4 is 5.73 Å². The summed E-state index contributed by atoms with van der Waals surface area (Å²) in [6, 6.07) is 2.13. The number of nitrogen functional groups attached to an aromatic ring is 1. The van der Waals surface area contributed by atoms with Crippen molar-refractivity contribution in [1.82, 2.24) is 0 Å². The zero-order chi connectivity index (χ0) is 14.3. The smallest absolute Gasteiger partial charge is 0.396 e. The Hall–Kier alpha value is -1.77. The van der Waals surface area contributed by atoms with Crippen molar-refractivity contribution in [2.75, 3.05) is 5.73 Å². The number of nitrogens with zero attached hydrogens (tertiary/aromatic N) is 1. The normalized spacial score (nSPS) is 12.3. The van der Waals surface area contributed by atoms with E-state index in [0.717, 1.165) is 0 Å². The first kappa shape index (κ1) is 14.3. The number of hydrogen-bond donors (Lipinski definition) is 1. The molecule has 0 spiro atoms. The molecule has 0 aromatic heterocycles. The van der Waals surface area contributed by atoms with Crippen LogP contribution in [0.4, 0.5) is 23.2 Å². The van der Waals surface area contributed by atoms with Crippen molar-refractivity contribution in [2.24, 2.45) is 0 Å². The van der Waals surface area contributed by atoms with Gasteiger partial charge in [0.05, 0.1) is 22.9 Å². The molecule has 2 N–H and O–H groups in total. The lowest BCUT2D eigenvalue weighted by atomic mass is 9.81. The van der Waals surface area contributed by atoms with Gasteiger partial charge in [0.1, 0.15) is 5.82 Å². The highest BCUT2D eigenvalue weighted by molar-refractivity contribution is 5.58. The molecule has 0 atom stereocenters. The fourth-order valence-electron chi connectivity index (χ4n) is 1.77. The lowest BCUT2D eigenvalue weighted by Crippen LogP contribution is -2.24. The van der Waals surface area contributed by atoms with Crippen LogP contribution in [0.15, 0.2) is 6.07 Å². The average Bonchev–Trinajstić information content (AvgIpc) is 2.17. The molecule has 2 nitrogen and oxygen atoms in total. The monoisotopic (exact) mass is 260 g/mol. The summed E-state index contributed by atoms with van der Waals surface area (Å²) in [7, 11) is 0. The van der Waals surface area contributed by atoms with Gasteiger partial charge in [0.2, 0.25) is 0 Å². The molecule has 0 aliphatic carbocycles. The largest absolute Gasteiger partial charge is 0.418 e. The average molecular weight is 260 g/mol. The highest BCUT2D eigenvalue weighted by Gasteiger charge is 2.41. The number of nitriles is 1. The van der Waals surface area contributed by atoms with E-state index in [9.17, 15) is 17.6 Å². The summed E-state index contributed by atoms with van der Waals surface area (Å²) < 4.78 is 52.8. The predicted molar refractivity (Wildman–Crippen MR) is 59.2 cm³/mol. The van der Waals surface area contributed by atoms with E-state index in [0.29, 0.717) is 6.07 Å². The third kappa shape index (κ3) is 2.40. The summed E-state index contributed by atoms with van der Waals surface area (Å²) >= 11 is 0. The van der Waals surface area contributed by atoms with Crippen LogP contribution >= 0.6 is 0 Å². The number of benzene rings is 1. The van der Waals surface area contributed by atoms with Gasteiger partial charge in [-0.25, -0.2) is 4.39 Å². The Morgan fingerprint density at radius 3 is 2.00 bits per heavy atom. The Balaban J connectivity index is 3.87. The minimum atomic E-state index is -4.80. The summed E-state index contributed by atoms with van der Waals surface area (Å²) in [5, 5.41) is 8.76. The van der Waals surface area contributed by atoms with E-state index >= 15 is 0 Å². The van der Waals surface area contributed by atoms with Crippen LogP contribution in [0.5, 0.6) is 0 Å². The Labute approximate surface area is 102 Å². The molecule has 1 aromatic carbocycles. The first-order valence-electron chi connectivity index (χ1n) is 5.10. The number of halogens is 4. The van der Waals surface area contributed by atoms with Crippen molar-refractivity contribution in [2.45, 2.75) is 32.4 Å². The van der Waals surface area contributed by atoms with Crippen LogP contribution in [0, 0.1) is 17.1 Å². The fraction of sp³-hybridized carbons (Fsp3) is 0.417. The number of hydrogen-bond acceptors (Lipinski definition) is 2. The molecule has 1 rings (SSSR count). The minimum absolute atomic E-state index is 0.454. The second-order valence-corrected chi connectivity index (χ2v) is 4.94. The second kappa shape index (κ2) is 4.16. The molecule has 0 saturated heterocycles. The topological polar surface area (TPSA) is 49.8 Å². The molecule has 1 aromatic rings. The van der Waals surface area contributed by atoms with Gasteiger partial charge in [0, 0.05) is 5.56 Å². The van der Waals surface area contributed by atoms with Gasteiger partial charge in [-0.3, -0.25) is 0 Å². The van der Waals surface area contributed by atoms with Crippen LogP contribution in [0.2, 0.25) is 0 Å². The molecular weight excluding hydrogens is 248 g/mol. The fourth-order valence-corrected chi connectivity index (χ4v) is 1.77. The van der Waals surface area contributed by atoms with Gasteiger partial charge >= 0.3 is 6.18 Å². The molecular formula is C12H12F4N2. The quantitative estimate of drug-likeness (QED) is 0.572. The Bertz CT molecular complexity index is 519. The van der Waals surface area contributed by atoms with Gasteiger partial charge in [0.25, 0.3) is 0 Å². The molecule has 0 bridgehead atoms. The Morgan fingerprint density at radius 2 is 1.67 bits per heavy atom. The molecule has 6 heteroatoms. The molecule has 0 fully saturated rings. The Morgan fingerprint density at radius 1 is 1.17 bits per heavy atom. The van der Waals surface area contributed by atoms with Crippen molar-refractivity contribution in [3.63, 3.8) is 0 Å². The highest BCUT2D eigenvalue weighted by atomic mass is 19.4. The predicted octanol–water partition coefficient (Wildman–Crippen LogP) is 3.60. The van der Waals surface area contributed by atoms with Crippen LogP contribution in [0.3, 0.4) is 0 Å². The third-order valence-corrected chi connectivity index (χ3v) is 2.45. The van der Waals surface area contributed by atoms with Crippen molar-refractivity contribution >= 4 is 5.69 Å². The molecule has 0 radical (unpaired) electrons. The van der Waals surface area contributed by atoms with Gasteiger partial charge in [0.15, 0.2) is 0 Å². The summed E-state index contributed by atoms with van der Waals surface area (Å²) in [4.78, 5) is 0. The van der Waals surface area contributed by atoms with Gasteiger partial charge in [-0.15, -0.1) is 0 Å². The first-order chi connectivity index (χ1) is 8.00. The standard InChI is InChI=1S/C12H12F4N2/c1-11(2,3)9-8(12(14,15)16)6(5-17)4-7(18)10(9)13/h4H,18H2,1-3H3. The van der Waals surface area contributed by atoms with Crippen molar-refractivity contribution in [1.29, 1.82) is 5.26 Å². The van der Waals surface area contributed by atoms with E-state index in [1.54, 1.807) is 0 Å². The number of anilines is 1. The zero-order valence-corrected chi connectivity index (χ0v) is 10.1. The minimum Gasteiger partial charge on any atom is -0.396 e. The number of nitrogens with two attached hydrogens (primary N) is 1. The molecule has 0 aliphatic heterocycles. The Kier molecular flexibility index (Phi) is 3.30. The van der Waals surface area contributed by atoms with Gasteiger partial charge in [-0.1, -0.05) is 20.8 Å². The van der Waals surface area contributed by atoms with E-state index in [1.165, 1.54) is 26.8 Å². The summed E-state index contributed by atoms with van der Waals surface area (Å²) in [5.74, 6) is -1.12. The lowest BCUT2D eigenvalue weighted by Gasteiger charge is -2.26. The maximum Gasteiger partial charge on any atom is 0.418 e. The van der Waals surface area contributed by atoms with Crippen LogP contribution in [0.1, 0.15) is 37.5 Å². The molecule has 0 heterocycles. The SMILES string of the molecule is CC(C)(C)c1c(F)c(N)cc(C#N)c1C(F)(F)F. The van der Waals surface area contributed by atoms with Crippen LogP contribution in [-0.4, -0.2) is 0 Å². The molecule has 0 saturated carbocycles. The van der Waals surface area contributed by atoms with Gasteiger partial charge in [-0.2, -0.15) is 18.4 Å². The molecule has 98 valence electrons. The van der Waals surface area contributed by atoms with Crippen LogP contribution in [-0.2, 0) is 11.6 Å². The van der Waals surface area contributed by atoms with Gasteiger partial charge in [-0.05, 0) is 11.5 Å². The molecule has 0 aliphatic rings.